The van der Waals surface area contributed by atoms with Crippen molar-refractivity contribution in [2.24, 2.45) is 0 Å². The number of carbonyl (C=O) groups excluding carboxylic acids is 2. The zero-order valence-electron chi connectivity index (χ0n) is 15.7. The van der Waals surface area contributed by atoms with E-state index in [9.17, 15) is 19.7 Å². The van der Waals surface area contributed by atoms with Crippen molar-refractivity contribution in [2.75, 3.05) is 11.9 Å². The molecule has 0 atom stereocenters. The summed E-state index contributed by atoms with van der Waals surface area (Å²) in [6.07, 6.45) is 2.41. The van der Waals surface area contributed by atoms with Crippen molar-refractivity contribution in [2.45, 2.75) is 19.3 Å². The van der Waals surface area contributed by atoms with Crippen molar-refractivity contribution < 1.29 is 19.2 Å². The van der Waals surface area contributed by atoms with E-state index in [-0.39, 0.29) is 16.4 Å². The first-order chi connectivity index (χ1) is 14.4. The molecule has 1 aliphatic carbocycles. The summed E-state index contributed by atoms with van der Waals surface area (Å²) < 4.78 is 5.24. The van der Waals surface area contributed by atoms with Crippen LogP contribution in [0.25, 0.3) is 10.9 Å². The number of rotatable bonds is 5. The molecule has 1 N–H and O–H groups in total. The van der Waals surface area contributed by atoms with Gasteiger partial charge in [-0.3, -0.25) is 19.9 Å². The van der Waals surface area contributed by atoms with Crippen LogP contribution in [-0.4, -0.2) is 28.4 Å². The molecule has 0 aliphatic heterocycles. The zero-order valence-corrected chi connectivity index (χ0v) is 16.4. The fourth-order valence-electron chi connectivity index (χ4n) is 3.60. The Hall–Kier alpha value is -3.52. The van der Waals surface area contributed by atoms with E-state index in [1.54, 1.807) is 6.07 Å². The molecule has 0 saturated heterocycles. The van der Waals surface area contributed by atoms with Crippen LogP contribution in [0.3, 0.4) is 0 Å². The average molecular weight is 426 g/mol. The molecule has 4 rings (SSSR count). The molecule has 0 bridgehead atoms. The number of aryl methyl sites for hydroxylation is 1. The highest BCUT2D eigenvalue weighted by Crippen LogP contribution is 2.31. The topological polar surface area (TPSA) is 111 Å². The van der Waals surface area contributed by atoms with Crippen molar-refractivity contribution >= 4 is 45.8 Å². The number of hydrogen-bond acceptors (Lipinski definition) is 6. The number of ether oxygens (including phenoxy) is 1. The summed E-state index contributed by atoms with van der Waals surface area (Å²) in [5, 5.41) is 14.4. The van der Waals surface area contributed by atoms with Crippen LogP contribution >= 0.6 is 11.6 Å². The fourth-order valence-corrected chi connectivity index (χ4v) is 3.77. The maximum atomic E-state index is 12.8. The Morgan fingerprint density at radius 2 is 2.00 bits per heavy atom. The predicted octanol–water partition coefficient (Wildman–Crippen LogP) is 4.08. The lowest BCUT2D eigenvalue weighted by Gasteiger charge is -2.12. The first-order valence-electron chi connectivity index (χ1n) is 9.25. The van der Waals surface area contributed by atoms with Crippen LogP contribution in [-0.2, 0) is 22.4 Å². The molecule has 0 fully saturated rings. The standard InChI is InChI=1S/C21H16ClN3O5/c22-12-8-9-18(25(28)29)17(10-12)24-19(26)11-30-21(27)20-13-4-1-2-6-15(13)23-16-7-3-5-14(16)20/h1-2,4,6,8-10H,3,5,7,11H2,(H,24,26). The van der Waals surface area contributed by atoms with Crippen LogP contribution in [0.5, 0.6) is 0 Å². The third kappa shape index (κ3) is 3.81. The summed E-state index contributed by atoms with van der Waals surface area (Å²) in [6.45, 7) is -0.589. The first kappa shape index (κ1) is 19.8. The number of nitrogens with zero attached hydrogens (tertiary/aromatic N) is 2. The molecule has 1 aliphatic rings. The largest absolute Gasteiger partial charge is 0.452 e. The van der Waals surface area contributed by atoms with Crippen molar-refractivity contribution in [3.63, 3.8) is 0 Å². The van der Waals surface area contributed by atoms with E-state index in [4.69, 9.17) is 16.3 Å². The molecule has 3 aromatic rings. The van der Waals surface area contributed by atoms with Crippen LogP contribution in [0.15, 0.2) is 42.5 Å². The summed E-state index contributed by atoms with van der Waals surface area (Å²) >= 11 is 5.86. The molecule has 8 nitrogen and oxygen atoms in total. The Morgan fingerprint density at radius 3 is 2.80 bits per heavy atom. The molecule has 30 heavy (non-hydrogen) atoms. The van der Waals surface area contributed by atoms with Crippen LogP contribution in [0, 0.1) is 10.1 Å². The van der Waals surface area contributed by atoms with Gasteiger partial charge in [-0.05, 0) is 43.0 Å². The lowest BCUT2D eigenvalue weighted by molar-refractivity contribution is -0.383. The molecule has 0 unspecified atom stereocenters. The van der Waals surface area contributed by atoms with E-state index in [0.717, 1.165) is 30.5 Å². The van der Waals surface area contributed by atoms with Crippen molar-refractivity contribution in [1.82, 2.24) is 4.98 Å². The summed E-state index contributed by atoms with van der Waals surface area (Å²) in [5.41, 5.74) is 2.48. The van der Waals surface area contributed by atoms with Crippen LogP contribution in [0.2, 0.25) is 5.02 Å². The number of nitrogens with one attached hydrogen (secondary N) is 1. The minimum atomic E-state index is -0.705. The van der Waals surface area contributed by atoms with Gasteiger partial charge in [0.2, 0.25) is 0 Å². The van der Waals surface area contributed by atoms with Gasteiger partial charge in [0, 0.05) is 22.2 Å². The molecule has 9 heteroatoms. The van der Waals surface area contributed by atoms with Crippen LogP contribution in [0.4, 0.5) is 11.4 Å². The highest BCUT2D eigenvalue weighted by atomic mass is 35.5. The number of anilines is 1. The fraction of sp³-hybridized carbons (Fsp3) is 0.190. The maximum Gasteiger partial charge on any atom is 0.339 e. The molecule has 1 aromatic heterocycles. The molecule has 0 radical (unpaired) electrons. The average Bonchev–Trinajstić information content (AvgIpc) is 3.18. The van der Waals surface area contributed by atoms with E-state index < -0.39 is 23.4 Å². The number of pyridine rings is 1. The van der Waals surface area contributed by atoms with E-state index in [0.29, 0.717) is 16.5 Å². The van der Waals surface area contributed by atoms with Crippen LogP contribution < -0.4 is 5.32 Å². The van der Waals surface area contributed by atoms with Gasteiger partial charge in [0.05, 0.1) is 16.0 Å². The number of nitro benzene ring substituents is 1. The number of hydrogen-bond donors (Lipinski definition) is 1. The Balaban J connectivity index is 1.53. The number of aromatic nitrogens is 1. The molecule has 152 valence electrons. The minimum absolute atomic E-state index is 0.0659. The molecule has 2 aromatic carbocycles. The second-order valence-corrected chi connectivity index (χ2v) is 7.26. The summed E-state index contributed by atoms with van der Waals surface area (Å²) in [5.74, 6) is -1.33. The molecular weight excluding hydrogens is 410 g/mol. The molecule has 0 spiro atoms. The number of esters is 1. The monoisotopic (exact) mass is 425 g/mol. The number of halogens is 1. The number of para-hydroxylation sites is 1. The number of amides is 1. The van der Waals surface area contributed by atoms with Crippen LogP contribution in [0.1, 0.15) is 28.0 Å². The second kappa shape index (κ2) is 8.08. The Kier molecular flexibility index (Phi) is 5.33. The van der Waals surface area contributed by atoms with Crippen molar-refractivity contribution in [1.29, 1.82) is 0 Å². The lowest BCUT2D eigenvalue weighted by Crippen LogP contribution is -2.22. The molecular formula is C21H16ClN3O5. The molecule has 1 amide bonds. The Bertz CT molecular complexity index is 1190. The minimum Gasteiger partial charge on any atom is -0.452 e. The third-order valence-electron chi connectivity index (χ3n) is 4.89. The maximum absolute atomic E-state index is 12.8. The second-order valence-electron chi connectivity index (χ2n) is 6.83. The smallest absolute Gasteiger partial charge is 0.339 e. The van der Waals surface area contributed by atoms with E-state index in [1.165, 1.54) is 18.2 Å². The Morgan fingerprint density at radius 1 is 1.20 bits per heavy atom. The highest BCUT2D eigenvalue weighted by molar-refractivity contribution is 6.31. The van der Waals surface area contributed by atoms with E-state index in [1.807, 2.05) is 18.2 Å². The van der Waals surface area contributed by atoms with Gasteiger partial charge in [0.1, 0.15) is 5.69 Å². The lowest BCUT2D eigenvalue weighted by atomic mass is 10.0. The van der Waals surface area contributed by atoms with Gasteiger partial charge in [-0.1, -0.05) is 29.8 Å². The van der Waals surface area contributed by atoms with Gasteiger partial charge < -0.3 is 10.1 Å². The summed E-state index contributed by atoms with van der Waals surface area (Å²) in [7, 11) is 0. The third-order valence-corrected chi connectivity index (χ3v) is 5.12. The van der Waals surface area contributed by atoms with Gasteiger partial charge in [0.15, 0.2) is 6.61 Å². The van der Waals surface area contributed by atoms with Gasteiger partial charge >= 0.3 is 5.97 Å². The van der Waals surface area contributed by atoms with Gasteiger partial charge in [-0.2, -0.15) is 0 Å². The number of fused-ring (bicyclic) bond motifs is 2. The van der Waals surface area contributed by atoms with Crippen molar-refractivity contribution in [3.8, 4) is 0 Å². The highest BCUT2D eigenvalue weighted by Gasteiger charge is 2.25. The number of benzene rings is 2. The molecule has 1 heterocycles. The number of carbonyl (C=O) groups is 2. The predicted molar refractivity (Wildman–Crippen MR) is 111 cm³/mol. The zero-order chi connectivity index (χ0) is 21.3. The summed E-state index contributed by atoms with van der Waals surface area (Å²) in [4.78, 5) is 40.2. The Labute approximate surface area is 176 Å². The number of nitro groups is 1. The van der Waals surface area contributed by atoms with E-state index in [2.05, 4.69) is 10.3 Å². The van der Waals surface area contributed by atoms with Gasteiger partial charge in [0.25, 0.3) is 11.6 Å². The van der Waals surface area contributed by atoms with Gasteiger partial charge in [-0.15, -0.1) is 0 Å². The first-order valence-corrected chi connectivity index (χ1v) is 9.63. The normalized spacial score (nSPS) is 12.4. The van der Waals surface area contributed by atoms with E-state index >= 15 is 0 Å². The van der Waals surface area contributed by atoms with Gasteiger partial charge in [-0.25, -0.2) is 4.79 Å². The van der Waals surface area contributed by atoms with Crippen molar-refractivity contribution in [3.05, 3.63) is 74.4 Å². The summed E-state index contributed by atoms with van der Waals surface area (Å²) in [6, 6.07) is 11.1. The quantitative estimate of drug-likeness (QED) is 0.374. The molecule has 0 saturated carbocycles. The SMILES string of the molecule is O=C(COC(=O)c1c2c(nc3ccccc13)CCC2)Nc1cc(Cl)ccc1[N+](=O)[O-].